The maximum atomic E-state index is 6.08. The molecule has 0 spiro atoms. The van der Waals surface area contributed by atoms with Crippen molar-refractivity contribution in [1.29, 1.82) is 0 Å². The van der Waals surface area contributed by atoms with E-state index in [4.69, 9.17) is 8.85 Å². The highest BCUT2D eigenvalue weighted by molar-refractivity contribution is 6.48. The Bertz CT molecular complexity index is 162. The van der Waals surface area contributed by atoms with Gasteiger partial charge < -0.3 is 8.85 Å². The monoisotopic (exact) mass is 304 g/mol. The van der Waals surface area contributed by atoms with Gasteiger partial charge in [-0.15, -0.1) is 0 Å². The smallest absolute Gasteiger partial charge is 0.161 e. The molecule has 0 aromatic carbocycles. The van der Waals surface area contributed by atoms with E-state index in [-0.39, 0.29) is 19.5 Å². The second kappa shape index (κ2) is 14.8. The molecule has 0 radical (unpaired) electrons. The third kappa shape index (κ3) is 11.8. The fourth-order valence-electron chi connectivity index (χ4n) is 2.23. The van der Waals surface area contributed by atoms with E-state index in [1.54, 1.807) is 0 Å². The topological polar surface area (TPSA) is 18.5 Å². The summed E-state index contributed by atoms with van der Waals surface area (Å²) in [7, 11) is -0.616. The van der Waals surface area contributed by atoms with Crippen molar-refractivity contribution in [1.82, 2.24) is 0 Å². The van der Waals surface area contributed by atoms with Crippen LogP contribution in [0.4, 0.5) is 0 Å². The van der Waals surface area contributed by atoms with Crippen LogP contribution in [-0.4, -0.2) is 31.7 Å². The first-order valence-electron chi connectivity index (χ1n) is 8.51. The lowest BCUT2D eigenvalue weighted by atomic mass is 10.1. The van der Waals surface area contributed by atoms with E-state index in [1.807, 2.05) is 0 Å². The van der Waals surface area contributed by atoms with Gasteiger partial charge in [-0.3, -0.25) is 0 Å². The summed E-state index contributed by atoms with van der Waals surface area (Å²) in [6.07, 6.45) is 11.2. The van der Waals surface area contributed by atoms with Gasteiger partial charge in [0.15, 0.2) is 19.5 Å². The van der Waals surface area contributed by atoms with E-state index >= 15 is 0 Å². The highest BCUT2D eigenvalue weighted by Gasteiger charge is 2.08. The van der Waals surface area contributed by atoms with Crippen molar-refractivity contribution < 1.29 is 8.85 Å². The number of rotatable bonds is 14. The minimum absolute atomic E-state index is 0.308. The molecule has 0 heterocycles. The fraction of sp³-hybridized carbons (Fsp3) is 1.00. The van der Waals surface area contributed by atoms with Gasteiger partial charge in [-0.1, -0.05) is 53.4 Å². The molecule has 0 amide bonds. The van der Waals surface area contributed by atoms with Crippen molar-refractivity contribution >= 4 is 19.5 Å². The molecule has 19 heavy (non-hydrogen) atoms. The Kier molecular flexibility index (Phi) is 15.0. The SMILES string of the molecule is CCCCC(CC)O[SiH2]C[SiH2]OC(CC)CCCC. The summed E-state index contributed by atoms with van der Waals surface area (Å²) in [5, 5.41) is 0. The highest BCUT2D eigenvalue weighted by Crippen LogP contribution is 2.10. The fourth-order valence-corrected chi connectivity index (χ4v) is 5.51. The van der Waals surface area contributed by atoms with Crippen LogP contribution in [0.15, 0.2) is 0 Å². The molecule has 0 aliphatic carbocycles. The normalized spacial score (nSPS) is 15.8. The molecule has 2 atom stereocenters. The standard InChI is InChI=1S/C15H36O2Si2/c1-5-9-11-14(7-3)16-18-13-19-17-15(8-4)12-10-6-2/h14-15H,5-13,18-19H2,1-4H3. The van der Waals surface area contributed by atoms with Crippen molar-refractivity contribution in [3.63, 3.8) is 0 Å². The molecule has 0 aromatic rings. The Morgan fingerprint density at radius 2 is 1.16 bits per heavy atom. The molecule has 0 saturated heterocycles. The number of unbranched alkanes of at least 4 members (excludes halogenated alkanes) is 2. The molecule has 0 rings (SSSR count). The summed E-state index contributed by atoms with van der Waals surface area (Å²) in [4.78, 5) is 0. The quantitative estimate of drug-likeness (QED) is 0.361. The van der Waals surface area contributed by atoms with Crippen LogP contribution in [-0.2, 0) is 8.85 Å². The van der Waals surface area contributed by atoms with Crippen molar-refractivity contribution in [3.05, 3.63) is 0 Å². The van der Waals surface area contributed by atoms with Crippen LogP contribution < -0.4 is 0 Å². The Hall–Kier alpha value is 0.354. The third-order valence-electron chi connectivity index (χ3n) is 3.67. The van der Waals surface area contributed by atoms with E-state index in [0.717, 1.165) is 0 Å². The van der Waals surface area contributed by atoms with Gasteiger partial charge in [0.2, 0.25) is 0 Å². The minimum Gasteiger partial charge on any atom is -0.421 e. The first-order valence-corrected chi connectivity index (χ1v) is 11.7. The lowest BCUT2D eigenvalue weighted by Gasteiger charge is -2.18. The van der Waals surface area contributed by atoms with Crippen LogP contribution in [0.1, 0.15) is 79.1 Å². The zero-order chi connectivity index (χ0) is 14.3. The molecular weight excluding hydrogens is 268 g/mol. The van der Waals surface area contributed by atoms with Crippen LogP contribution in [0.3, 0.4) is 0 Å². The summed E-state index contributed by atoms with van der Waals surface area (Å²) >= 11 is 0. The molecule has 116 valence electrons. The maximum Gasteiger partial charge on any atom is 0.161 e. The second-order valence-corrected chi connectivity index (χ2v) is 9.75. The van der Waals surface area contributed by atoms with E-state index < -0.39 is 0 Å². The summed E-state index contributed by atoms with van der Waals surface area (Å²) in [6, 6.07) is 0. The molecule has 0 saturated carbocycles. The summed E-state index contributed by atoms with van der Waals surface area (Å²) < 4.78 is 12.2. The third-order valence-corrected chi connectivity index (χ3v) is 7.39. The van der Waals surface area contributed by atoms with E-state index in [2.05, 4.69) is 27.7 Å². The summed E-state index contributed by atoms with van der Waals surface area (Å²) in [5.74, 6) is 0. The molecule has 0 N–H and O–H groups in total. The molecule has 0 aliphatic heterocycles. The Morgan fingerprint density at radius 1 is 0.737 bits per heavy atom. The van der Waals surface area contributed by atoms with Crippen molar-refractivity contribution in [2.24, 2.45) is 0 Å². The molecule has 0 aromatic heterocycles. The molecule has 0 fully saturated rings. The van der Waals surface area contributed by atoms with Gasteiger partial charge in [-0.2, -0.15) is 0 Å². The number of hydrogen-bond donors (Lipinski definition) is 0. The minimum atomic E-state index is -0.308. The molecule has 4 heteroatoms. The van der Waals surface area contributed by atoms with E-state index in [9.17, 15) is 0 Å². The zero-order valence-electron chi connectivity index (χ0n) is 13.7. The van der Waals surface area contributed by atoms with Crippen LogP contribution in [0, 0.1) is 0 Å². The van der Waals surface area contributed by atoms with Crippen LogP contribution >= 0.6 is 0 Å². The first-order chi connectivity index (χ1) is 9.28. The van der Waals surface area contributed by atoms with Gasteiger partial charge in [0.1, 0.15) is 0 Å². The number of hydrogen-bond acceptors (Lipinski definition) is 2. The van der Waals surface area contributed by atoms with Crippen molar-refractivity contribution in [2.75, 3.05) is 0 Å². The van der Waals surface area contributed by atoms with Crippen LogP contribution in [0.2, 0.25) is 5.67 Å². The Labute approximate surface area is 125 Å². The van der Waals surface area contributed by atoms with Gasteiger partial charge in [0.05, 0.1) is 0 Å². The maximum absolute atomic E-state index is 6.08. The summed E-state index contributed by atoms with van der Waals surface area (Å²) in [5.41, 5.74) is 1.31. The summed E-state index contributed by atoms with van der Waals surface area (Å²) in [6.45, 7) is 9.01. The average molecular weight is 305 g/mol. The Balaban J connectivity index is 3.50. The average Bonchev–Trinajstić information content (AvgIpc) is 2.45. The zero-order valence-corrected chi connectivity index (χ0v) is 16.6. The van der Waals surface area contributed by atoms with Crippen LogP contribution in [0.5, 0.6) is 0 Å². The molecule has 0 aliphatic rings. The predicted molar refractivity (Wildman–Crippen MR) is 91.3 cm³/mol. The predicted octanol–water partition coefficient (Wildman–Crippen LogP) is 3.50. The van der Waals surface area contributed by atoms with Crippen LogP contribution in [0.25, 0.3) is 0 Å². The van der Waals surface area contributed by atoms with Gasteiger partial charge in [0, 0.05) is 12.2 Å². The van der Waals surface area contributed by atoms with Crippen molar-refractivity contribution in [3.8, 4) is 0 Å². The first kappa shape index (κ1) is 19.4. The molecular formula is C15H36O2Si2. The molecule has 2 nitrogen and oxygen atoms in total. The lowest BCUT2D eigenvalue weighted by molar-refractivity contribution is 0.186. The highest BCUT2D eigenvalue weighted by atomic mass is 28.3. The Morgan fingerprint density at radius 3 is 1.47 bits per heavy atom. The lowest BCUT2D eigenvalue weighted by Crippen LogP contribution is -2.19. The van der Waals surface area contributed by atoms with Gasteiger partial charge in [0.25, 0.3) is 0 Å². The van der Waals surface area contributed by atoms with Crippen molar-refractivity contribution in [2.45, 2.75) is 96.9 Å². The second-order valence-electron chi connectivity index (χ2n) is 5.44. The van der Waals surface area contributed by atoms with E-state index in [0.29, 0.717) is 12.2 Å². The van der Waals surface area contributed by atoms with Gasteiger partial charge in [-0.25, -0.2) is 0 Å². The largest absolute Gasteiger partial charge is 0.421 e. The van der Waals surface area contributed by atoms with Gasteiger partial charge in [-0.05, 0) is 31.4 Å². The molecule has 2 unspecified atom stereocenters. The van der Waals surface area contributed by atoms with Gasteiger partial charge >= 0.3 is 0 Å². The van der Waals surface area contributed by atoms with E-state index in [1.165, 1.54) is 57.0 Å². The molecule has 0 bridgehead atoms.